The molecule has 0 atom stereocenters. The number of hydrogen-bond donors (Lipinski definition) is 1. The third kappa shape index (κ3) is 1.82. The summed E-state index contributed by atoms with van der Waals surface area (Å²) in [7, 11) is 0. The first kappa shape index (κ1) is 11.7. The van der Waals surface area contributed by atoms with E-state index >= 15 is 0 Å². The van der Waals surface area contributed by atoms with Crippen LogP contribution in [0.4, 0.5) is 0 Å². The molecule has 1 aromatic heterocycles. The van der Waals surface area contributed by atoms with Crippen LogP contribution in [0.2, 0.25) is 0 Å². The largest absolute Gasteiger partial charge is 0.441 e. The lowest BCUT2D eigenvalue weighted by atomic mass is 9.91. The molecule has 0 saturated heterocycles. The van der Waals surface area contributed by atoms with E-state index in [0.29, 0.717) is 0 Å². The summed E-state index contributed by atoms with van der Waals surface area (Å²) in [4.78, 5) is 4.43. The molecule has 1 aliphatic rings. The lowest BCUT2D eigenvalue weighted by Crippen LogP contribution is -2.23. The van der Waals surface area contributed by atoms with Crippen molar-refractivity contribution in [3.05, 3.63) is 53.4 Å². The fourth-order valence-electron chi connectivity index (χ4n) is 3.01. The van der Waals surface area contributed by atoms with Crippen LogP contribution >= 0.6 is 0 Å². The van der Waals surface area contributed by atoms with Crippen LogP contribution < -0.4 is 5.32 Å². The molecule has 0 radical (unpaired) electrons. The minimum atomic E-state index is 0.719. The van der Waals surface area contributed by atoms with Crippen molar-refractivity contribution in [3.63, 3.8) is 0 Å². The van der Waals surface area contributed by atoms with Crippen molar-refractivity contribution in [2.75, 3.05) is 6.54 Å². The number of oxazole rings is 1. The minimum Gasteiger partial charge on any atom is -0.441 e. The van der Waals surface area contributed by atoms with Crippen LogP contribution in [-0.4, -0.2) is 11.5 Å². The van der Waals surface area contributed by atoms with E-state index in [2.05, 4.69) is 40.6 Å². The Morgan fingerprint density at radius 3 is 3.10 bits per heavy atom. The highest BCUT2D eigenvalue weighted by Gasteiger charge is 2.14. The van der Waals surface area contributed by atoms with E-state index in [1.54, 1.807) is 0 Å². The standard InChI is InChI=1S/C17H16N2O/c1-11-19-16-9-12(5-6-17(16)20-11)14-4-2-3-13-10-18-8-7-15(13)14/h2-6,9,18H,7-8,10H2,1H3. The topological polar surface area (TPSA) is 38.1 Å². The van der Waals surface area contributed by atoms with Gasteiger partial charge in [0, 0.05) is 13.5 Å². The average Bonchev–Trinajstić information content (AvgIpc) is 2.85. The van der Waals surface area contributed by atoms with Crippen LogP contribution in [0.3, 0.4) is 0 Å². The third-order valence-electron chi connectivity index (χ3n) is 3.95. The molecule has 0 amide bonds. The lowest BCUT2D eigenvalue weighted by Gasteiger charge is -2.20. The van der Waals surface area contributed by atoms with Crippen molar-refractivity contribution < 1.29 is 4.42 Å². The Morgan fingerprint density at radius 2 is 2.15 bits per heavy atom. The molecule has 2 heterocycles. The Hall–Kier alpha value is -2.13. The van der Waals surface area contributed by atoms with E-state index < -0.39 is 0 Å². The molecule has 0 aliphatic carbocycles. The number of benzene rings is 2. The van der Waals surface area contributed by atoms with Crippen molar-refractivity contribution in [2.24, 2.45) is 0 Å². The van der Waals surface area contributed by atoms with E-state index in [4.69, 9.17) is 4.42 Å². The average molecular weight is 264 g/mol. The molecule has 2 aromatic carbocycles. The first-order valence-corrected chi connectivity index (χ1v) is 7.00. The molecule has 3 nitrogen and oxygen atoms in total. The highest BCUT2D eigenvalue weighted by atomic mass is 16.3. The SMILES string of the molecule is Cc1nc2cc(-c3cccc4c3CCNC4)ccc2o1. The molecule has 0 fully saturated rings. The quantitative estimate of drug-likeness (QED) is 0.731. The number of nitrogens with one attached hydrogen (secondary N) is 1. The van der Waals surface area contributed by atoms with Gasteiger partial charge in [-0.3, -0.25) is 0 Å². The van der Waals surface area contributed by atoms with Gasteiger partial charge in [-0.15, -0.1) is 0 Å². The molecule has 4 rings (SSSR count). The van der Waals surface area contributed by atoms with Gasteiger partial charge >= 0.3 is 0 Å². The number of aryl methyl sites for hydroxylation is 1. The van der Waals surface area contributed by atoms with Crippen molar-refractivity contribution in [2.45, 2.75) is 19.9 Å². The van der Waals surface area contributed by atoms with Gasteiger partial charge < -0.3 is 9.73 Å². The zero-order valence-corrected chi connectivity index (χ0v) is 11.4. The van der Waals surface area contributed by atoms with E-state index in [9.17, 15) is 0 Å². The molecule has 100 valence electrons. The molecule has 0 saturated carbocycles. The van der Waals surface area contributed by atoms with Gasteiger partial charge in [-0.05, 0) is 47.4 Å². The number of aromatic nitrogens is 1. The highest BCUT2D eigenvalue weighted by Crippen LogP contribution is 2.30. The second-order valence-corrected chi connectivity index (χ2v) is 5.29. The second kappa shape index (κ2) is 4.46. The maximum atomic E-state index is 5.55. The fourth-order valence-corrected chi connectivity index (χ4v) is 3.01. The molecule has 1 aliphatic heterocycles. The molecule has 3 heteroatoms. The van der Waals surface area contributed by atoms with Crippen LogP contribution in [0.5, 0.6) is 0 Å². The van der Waals surface area contributed by atoms with Crippen LogP contribution in [0.1, 0.15) is 17.0 Å². The molecule has 20 heavy (non-hydrogen) atoms. The molecular weight excluding hydrogens is 248 g/mol. The van der Waals surface area contributed by atoms with Crippen molar-refractivity contribution in [1.82, 2.24) is 10.3 Å². The van der Waals surface area contributed by atoms with Crippen molar-refractivity contribution >= 4 is 11.1 Å². The molecule has 0 bridgehead atoms. The van der Waals surface area contributed by atoms with Crippen LogP contribution in [-0.2, 0) is 13.0 Å². The summed E-state index contributed by atoms with van der Waals surface area (Å²) in [5, 5.41) is 3.43. The maximum Gasteiger partial charge on any atom is 0.192 e. The van der Waals surface area contributed by atoms with E-state index in [1.807, 2.05) is 13.0 Å². The van der Waals surface area contributed by atoms with Gasteiger partial charge in [-0.1, -0.05) is 24.3 Å². The van der Waals surface area contributed by atoms with E-state index in [-0.39, 0.29) is 0 Å². The van der Waals surface area contributed by atoms with Gasteiger partial charge in [0.15, 0.2) is 11.5 Å². The lowest BCUT2D eigenvalue weighted by molar-refractivity contribution is 0.561. The number of hydrogen-bond acceptors (Lipinski definition) is 3. The zero-order chi connectivity index (χ0) is 13.5. The van der Waals surface area contributed by atoms with Gasteiger partial charge in [-0.2, -0.15) is 0 Å². The monoisotopic (exact) mass is 264 g/mol. The Morgan fingerprint density at radius 1 is 1.20 bits per heavy atom. The fraction of sp³-hybridized carbons (Fsp3) is 0.235. The first-order chi connectivity index (χ1) is 9.81. The zero-order valence-electron chi connectivity index (χ0n) is 11.4. The number of nitrogens with zero attached hydrogens (tertiary/aromatic N) is 1. The van der Waals surface area contributed by atoms with Crippen molar-refractivity contribution in [1.29, 1.82) is 0 Å². The maximum absolute atomic E-state index is 5.55. The predicted molar refractivity (Wildman–Crippen MR) is 79.6 cm³/mol. The van der Waals surface area contributed by atoms with Gasteiger partial charge in [0.1, 0.15) is 5.52 Å². The minimum absolute atomic E-state index is 0.719. The molecule has 1 N–H and O–H groups in total. The molecule has 3 aromatic rings. The summed E-state index contributed by atoms with van der Waals surface area (Å²) in [6, 6.07) is 12.8. The summed E-state index contributed by atoms with van der Waals surface area (Å²) in [5.74, 6) is 0.719. The number of rotatable bonds is 1. The first-order valence-electron chi connectivity index (χ1n) is 7.00. The Labute approximate surface area is 117 Å². The van der Waals surface area contributed by atoms with E-state index in [1.165, 1.54) is 22.3 Å². The van der Waals surface area contributed by atoms with Crippen molar-refractivity contribution in [3.8, 4) is 11.1 Å². The summed E-state index contributed by atoms with van der Waals surface area (Å²) in [6.45, 7) is 3.90. The molecular formula is C17H16N2O. The van der Waals surface area contributed by atoms with Crippen LogP contribution in [0, 0.1) is 6.92 Å². The summed E-state index contributed by atoms with van der Waals surface area (Å²) >= 11 is 0. The number of fused-ring (bicyclic) bond motifs is 2. The summed E-state index contributed by atoms with van der Waals surface area (Å²) < 4.78 is 5.55. The molecule has 0 spiro atoms. The third-order valence-corrected chi connectivity index (χ3v) is 3.95. The smallest absolute Gasteiger partial charge is 0.192 e. The van der Waals surface area contributed by atoms with Crippen LogP contribution in [0.25, 0.3) is 22.2 Å². The van der Waals surface area contributed by atoms with Gasteiger partial charge in [0.05, 0.1) is 0 Å². The summed E-state index contributed by atoms with van der Waals surface area (Å²) in [6.07, 6.45) is 1.08. The second-order valence-electron chi connectivity index (χ2n) is 5.29. The normalized spacial score (nSPS) is 14.4. The van der Waals surface area contributed by atoms with E-state index in [0.717, 1.165) is 36.5 Å². The van der Waals surface area contributed by atoms with Gasteiger partial charge in [-0.25, -0.2) is 4.98 Å². The Kier molecular flexibility index (Phi) is 2.60. The van der Waals surface area contributed by atoms with Gasteiger partial charge in [0.2, 0.25) is 0 Å². The summed E-state index contributed by atoms with van der Waals surface area (Å²) in [5.41, 5.74) is 7.22. The van der Waals surface area contributed by atoms with Gasteiger partial charge in [0.25, 0.3) is 0 Å². The highest BCUT2D eigenvalue weighted by molar-refractivity contribution is 5.81. The van der Waals surface area contributed by atoms with Crippen LogP contribution in [0.15, 0.2) is 40.8 Å². The Bertz CT molecular complexity index is 789. The molecule has 0 unspecified atom stereocenters. The predicted octanol–water partition coefficient (Wildman–Crippen LogP) is 3.45. The Balaban J connectivity index is 1.90.